The van der Waals surface area contributed by atoms with E-state index in [1.807, 2.05) is 17.5 Å². The lowest BCUT2D eigenvalue weighted by Crippen LogP contribution is -2.48. The standard InChI is InChI=1S/C22H26ClFN2O2S/c1-15(23)22(28)26(18-10-5-7-16(13-18)14-24)20(19-11-6-12-29-19)21(27)25-17-8-3-2-4-9-17/h5-7,10-13,15,17,20H,2-4,8-9,14H2,1H3,(H,25,27)/t15-,20?/m1/s1. The van der Waals surface area contributed by atoms with Gasteiger partial charge in [-0.2, -0.15) is 0 Å². The summed E-state index contributed by atoms with van der Waals surface area (Å²) in [5.41, 5.74) is 0.912. The minimum absolute atomic E-state index is 0.112. The van der Waals surface area contributed by atoms with E-state index in [2.05, 4.69) is 5.32 Å². The molecule has 1 fully saturated rings. The van der Waals surface area contributed by atoms with Crippen LogP contribution in [0.4, 0.5) is 10.1 Å². The van der Waals surface area contributed by atoms with Crippen molar-refractivity contribution in [2.24, 2.45) is 0 Å². The van der Waals surface area contributed by atoms with E-state index in [0.717, 1.165) is 30.6 Å². The first-order valence-corrected chi connectivity index (χ1v) is 11.3. The summed E-state index contributed by atoms with van der Waals surface area (Å²) in [6, 6.07) is 9.62. The van der Waals surface area contributed by atoms with Crippen molar-refractivity contribution in [2.45, 2.75) is 63.2 Å². The Bertz CT molecular complexity index is 822. The Morgan fingerprint density at radius 1 is 1.24 bits per heavy atom. The van der Waals surface area contributed by atoms with Crippen LogP contribution in [0.15, 0.2) is 41.8 Å². The van der Waals surface area contributed by atoms with Crippen molar-refractivity contribution >= 4 is 40.4 Å². The highest BCUT2D eigenvalue weighted by molar-refractivity contribution is 7.10. The molecule has 0 spiro atoms. The highest BCUT2D eigenvalue weighted by Crippen LogP contribution is 2.33. The maximum absolute atomic E-state index is 13.4. The van der Waals surface area contributed by atoms with Crippen molar-refractivity contribution in [1.82, 2.24) is 5.32 Å². The number of alkyl halides is 2. The molecule has 29 heavy (non-hydrogen) atoms. The van der Waals surface area contributed by atoms with Crippen LogP contribution in [-0.2, 0) is 16.3 Å². The van der Waals surface area contributed by atoms with Gasteiger partial charge in [0.05, 0.1) is 0 Å². The lowest BCUT2D eigenvalue weighted by atomic mass is 9.95. The molecule has 0 aliphatic heterocycles. The van der Waals surface area contributed by atoms with E-state index in [1.165, 1.54) is 22.7 Å². The summed E-state index contributed by atoms with van der Waals surface area (Å²) >= 11 is 7.57. The number of thiophene rings is 1. The molecule has 0 bridgehead atoms. The van der Waals surface area contributed by atoms with Crippen LogP contribution >= 0.6 is 22.9 Å². The van der Waals surface area contributed by atoms with Gasteiger partial charge in [0.1, 0.15) is 18.1 Å². The van der Waals surface area contributed by atoms with Gasteiger partial charge in [0.15, 0.2) is 0 Å². The lowest BCUT2D eigenvalue weighted by Gasteiger charge is -2.33. The summed E-state index contributed by atoms with van der Waals surface area (Å²) in [6.07, 6.45) is 5.26. The Balaban J connectivity index is 2.00. The first-order chi connectivity index (χ1) is 14.0. The van der Waals surface area contributed by atoms with E-state index in [9.17, 15) is 14.0 Å². The van der Waals surface area contributed by atoms with Gasteiger partial charge < -0.3 is 5.32 Å². The van der Waals surface area contributed by atoms with Crippen LogP contribution in [0.5, 0.6) is 0 Å². The average Bonchev–Trinajstić information content (AvgIpc) is 3.26. The fourth-order valence-electron chi connectivity index (χ4n) is 3.73. The number of hydrogen-bond acceptors (Lipinski definition) is 3. The largest absolute Gasteiger partial charge is 0.351 e. The third-order valence-corrected chi connectivity index (χ3v) is 6.30. The van der Waals surface area contributed by atoms with Gasteiger partial charge in [0.2, 0.25) is 11.8 Å². The van der Waals surface area contributed by atoms with Crippen molar-refractivity contribution in [3.63, 3.8) is 0 Å². The highest BCUT2D eigenvalue weighted by atomic mass is 35.5. The number of nitrogens with one attached hydrogen (secondary N) is 1. The molecule has 1 unspecified atom stereocenters. The van der Waals surface area contributed by atoms with Crippen molar-refractivity contribution in [2.75, 3.05) is 4.90 Å². The van der Waals surface area contributed by atoms with Crippen molar-refractivity contribution in [3.8, 4) is 0 Å². The average molecular weight is 437 g/mol. The fraction of sp³-hybridized carbons (Fsp3) is 0.455. The smallest absolute Gasteiger partial charge is 0.248 e. The summed E-state index contributed by atoms with van der Waals surface area (Å²) < 4.78 is 13.3. The van der Waals surface area contributed by atoms with E-state index in [4.69, 9.17) is 11.6 Å². The molecule has 1 aromatic carbocycles. The van der Waals surface area contributed by atoms with Crippen LogP contribution in [0.2, 0.25) is 0 Å². The minimum atomic E-state index is -0.847. The van der Waals surface area contributed by atoms with Gasteiger partial charge in [-0.05, 0) is 48.9 Å². The summed E-state index contributed by atoms with van der Waals surface area (Å²) in [6.45, 7) is 0.935. The van der Waals surface area contributed by atoms with Crippen LogP contribution in [0.3, 0.4) is 0 Å². The van der Waals surface area contributed by atoms with Gasteiger partial charge in [0, 0.05) is 16.6 Å². The third-order valence-electron chi connectivity index (χ3n) is 5.19. The molecule has 1 heterocycles. The maximum atomic E-state index is 13.4. The monoisotopic (exact) mass is 436 g/mol. The van der Waals surface area contributed by atoms with Crippen LogP contribution < -0.4 is 10.2 Å². The zero-order chi connectivity index (χ0) is 20.8. The van der Waals surface area contributed by atoms with Gasteiger partial charge in [-0.15, -0.1) is 22.9 Å². The zero-order valence-electron chi connectivity index (χ0n) is 16.4. The Labute approximate surface area is 180 Å². The number of carbonyl (C=O) groups is 2. The van der Waals surface area contributed by atoms with Gasteiger partial charge in [-0.1, -0.05) is 37.5 Å². The van der Waals surface area contributed by atoms with Gasteiger partial charge in [-0.25, -0.2) is 4.39 Å². The molecule has 2 atom stereocenters. The summed E-state index contributed by atoms with van der Waals surface area (Å²) in [4.78, 5) is 28.7. The molecule has 1 N–H and O–H groups in total. The van der Waals surface area contributed by atoms with Crippen LogP contribution in [-0.4, -0.2) is 23.2 Å². The van der Waals surface area contributed by atoms with E-state index in [0.29, 0.717) is 11.3 Å². The Morgan fingerprint density at radius 3 is 2.62 bits per heavy atom. The zero-order valence-corrected chi connectivity index (χ0v) is 18.0. The molecular formula is C22H26ClFN2O2S. The minimum Gasteiger partial charge on any atom is -0.351 e. The Morgan fingerprint density at radius 2 is 2.00 bits per heavy atom. The third kappa shape index (κ3) is 5.37. The molecule has 156 valence electrons. The van der Waals surface area contributed by atoms with Crippen molar-refractivity contribution in [3.05, 3.63) is 52.2 Å². The van der Waals surface area contributed by atoms with E-state index in [-0.39, 0.29) is 17.9 Å². The number of amides is 2. The van der Waals surface area contributed by atoms with E-state index < -0.39 is 18.1 Å². The number of carbonyl (C=O) groups excluding carboxylic acids is 2. The molecule has 1 aliphatic rings. The fourth-order valence-corrected chi connectivity index (χ4v) is 4.65. The molecule has 0 saturated heterocycles. The highest BCUT2D eigenvalue weighted by Gasteiger charge is 2.36. The molecule has 2 amide bonds. The predicted molar refractivity (Wildman–Crippen MR) is 116 cm³/mol. The lowest BCUT2D eigenvalue weighted by molar-refractivity contribution is -0.127. The second-order valence-corrected chi connectivity index (χ2v) is 9.02. The number of hydrogen-bond donors (Lipinski definition) is 1. The number of nitrogens with zero attached hydrogens (tertiary/aromatic N) is 1. The molecule has 7 heteroatoms. The molecule has 0 radical (unpaired) electrons. The summed E-state index contributed by atoms with van der Waals surface area (Å²) in [5.74, 6) is -0.615. The second-order valence-electron chi connectivity index (χ2n) is 7.39. The predicted octanol–water partition coefficient (Wildman–Crippen LogP) is 5.37. The molecule has 3 rings (SSSR count). The van der Waals surface area contributed by atoms with Crippen LogP contribution in [0.1, 0.15) is 55.5 Å². The summed E-state index contributed by atoms with van der Waals surface area (Å²) in [5, 5.41) is 4.19. The molecular weight excluding hydrogens is 411 g/mol. The molecule has 2 aromatic rings. The quantitative estimate of drug-likeness (QED) is 0.593. The SMILES string of the molecule is C[C@@H](Cl)C(=O)N(c1cccc(CF)c1)C(C(=O)NC1CCCCC1)c1cccs1. The Hall–Kier alpha value is -1.92. The topological polar surface area (TPSA) is 49.4 Å². The van der Waals surface area contributed by atoms with E-state index in [1.54, 1.807) is 31.2 Å². The summed E-state index contributed by atoms with van der Waals surface area (Å²) in [7, 11) is 0. The molecule has 4 nitrogen and oxygen atoms in total. The number of benzene rings is 1. The number of anilines is 1. The Kier molecular flexibility index (Phi) is 7.67. The number of halogens is 2. The first-order valence-electron chi connectivity index (χ1n) is 9.97. The van der Waals surface area contributed by atoms with Crippen LogP contribution in [0, 0.1) is 0 Å². The number of rotatable bonds is 7. The van der Waals surface area contributed by atoms with Gasteiger partial charge in [-0.3, -0.25) is 14.5 Å². The normalized spacial score (nSPS) is 16.8. The molecule has 1 saturated carbocycles. The molecule has 1 aliphatic carbocycles. The van der Waals surface area contributed by atoms with E-state index >= 15 is 0 Å². The molecule has 1 aromatic heterocycles. The van der Waals surface area contributed by atoms with Gasteiger partial charge >= 0.3 is 0 Å². The van der Waals surface area contributed by atoms with Crippen molar-refractivity contribution in [1.29, 1.82) is 0 Å². The van der Waals surface area contributed by atoms with Crippen molar-refractivity contribution < 1.29 is 14.0 Å². The maximum Gasteiger partial charge on any atom is 0.248 e. The van der Waals surface area contributed by atoms with Crippen LogP contribution in [0.25, 0.3) is 0 Å². The van der Waals surface area contributed by atoms with Gasteiger partial charge in [0.25, 0.3) is 0 Å². The first kappa shape index (κ1) is 21.8. The second kappa shape index (κ2) is 10.2.